The molecular formula is C18H24N4O4S2. The summed E-state index contributed by atoms with van der Waals surface area (Å²) in [5, 5.41) is 15.2. The van der Waals surface area contributed by atoms with E-state index in [9.17, 15) is 4.79 Å². The van der Waals surface area contributed by atoms with Gasteiger partial charge < -0.3 is 24.8 Å². The van der Waals surface area contributed by atoms with Gasteiger partial charge in [-0.3, -0.25) is 4.79 Å². The number of benzene rings is 1. The first-order chi connectivity index (χ1) is 13.7. The minimum absolute atomic E-state index is 0.0587. The van der Waals surface area contributed by atoms with Crippen molar-refractivity contribution in [2.24, 2.45) is 0 Å². The number of amides is 1. The molecule has 2 heterocycles. The summed E-state index contributed by atoms with van der Waals surface area (Å²) in [7, 11) is 0. The van der Waals surface area contributed by atoms with Crippen molar-refractivity contribution in [2.45, 2.75) is 30.6 Å². The molecule has 28 heavy (non-hydrogen) atoms. The molecule has 2 N–H and O–H groups in total. The lowest BCUT2D eigenvalue weighted by Crippen LogP contribution is -2.28. The van der Waals surface area contributed by atoms with Gasteiger partial charge in [0.15, 0.2) is 15.8 Å². The molecule has 0 saturated heterocycles. The summed E-state index contributed by atoms with van der Waals surface area (Å²) in [5.74, 6) is 1.67. The van der Waals surface area contributed by atoms with Crippen molar-refractivity contribution >= 4 is 34.1 Å². The van der Waals surface area contributed by atoms with E-state index in [1.807, 2.05) is 32.0 Å². The minimum atomic E-state index is -0.125. The van der Waals surface area contributed by atoms with Crippen LogP contribution < -0.4 is 20.1 Å². The van der Waals surface area contributed by atoms with Crippen LogP contribution in [0.1, 0.15) is 31.9 Å². The van der Waals surface area contributed by atoms with Crippen LogP contribution in [0.2, 0.25) is 0 Å². The van der Waals surface area contributed by atoms with Crippen LogP contribution in [0.3, 0.4) is 0 Å². The lowest BCUT2D eigenvalue weighted by molar-refractivity contribution is -0.119. The molecule has 1 aliphatic rings. The Hall–Kier alpha value is -2.04. The minimum Gasteiger partial charge on any atom is -0.454 e. The first-order valence-corrected chi connectivity index (χ1v) is 10.9. The average molecular weight is 425 g/mol. The first-order valence-electron chi connectivity index (χ1n) is 9.12. The fourth-order valence-corrected chi connectivity index (χ4v) is 4.12. The highest BCUT2D eigenvalue weighted by molar-refractivity contribution is 8.01. The predicted molar refractivity (Wildman–Crippen MR) is 109 cm³/mol. The number of rotatable bonds is 11. The zero-order valence-electron chi connectivity index (χ0n) is 15.9. The molecule has 1 atom stereocenters. The van der Waals surface area contributed by atoms with Crippen molar-refractivity contribution in [1.29, 1.82) is 0 Å². The summed E-state index contributed by atoms with van der Waals surface area (Å²) in [5.41, 5.74) is 0.969. The van der Waals surface area contributed by atoms with E-state index in [1.165, 1.54) is 23.1 Å². The van der Waals surface area contributed by atoms with E-state index in [0.29, 0.717) is 5.75 Å². The molecule has 1 aromatic carbocycles. The molecule has 2 aromatic rings. The monoisotopic (exact) mass is 424 g/mol. The highest BCUT2D eigenvalue weighted by Gasteiger charge is 2.17. The second-order valence-electron chi connectivity index (χ2n) is 6.04. The zero-order chi connectivity index (χ0) is 19.8. The van der Waals surface area contributed by atoms with Crippen LogP contribution in [-0.4, -0.2) is 48.4 Å². The topological polar surface area (TPSA) is 94.6 Å². The molecule has 0 aliphatic carbocycles. The van der Waals surface area contributed by atoms with Gasteiger partial charge in [0.1, 0.15) is 0 Å². The molecule has 1 aromatic heterocycles. The molecule has 8 nitrogen and oxygen atoms in total. The molecule has 0 bridgehead atoms. The van der Waals surface area contributed by atoms with Crippen LogP contribution in [0.15, 0.2) is 22.5 Å². The quantitative estimate of drug-likeness (QED) is 0.420. The maximum absolute atomic E-state index is 12.3. The number of fused-ring (bicyclic) bond motifs is 1. The average Bonchev–Trinajstić information content (AvgIpc) is 3.34. The van der Waals surface area contributed by atoms with E-state index in [0.717, 1.165) is 47.0 Å². The molecule has 3 rings (SSSR count). The van der Waals surface area contributed by atoms with Crippen molar-refractivity contribution in [3.05, 3.63) is 23.8 Å². The SMILES string of the molecule is CCOCCCNc1nnc(SCC(=O)N[C@@H](C)c2ccc3c(c2)OCO3)s1. The van der Waals surface area contributed by atoms with Crippen molar-refractivity contribution in [1.82, 2.24) is 15.5 Å². The van der Waals surface area contributed by atoms with Gasteiger partial charge in [-0.1, -0.05) is 29.2 Å². The molecule has 0 spiro atoms. The Labute approximate surface area is 172 Å². The number of nitrogens with zero attached hydrogens (tertiary/aromatic N) is 2. The van der Waals surface area contributed by atoms with E-state index in [4.69, 9.17) is 14.2 Å². The van der Waals surface area contributed by atoms with Gasteiger partial charge in [0.2, 0.25) is 17.8 Å². The molecule has 0 saturated carbocycles. The molecule has 1 amide bonds. The van der Waals surface area contributed by atoms with Gasteiger partial charge in [0.05, 0.1) is 11.8 Å². The van der Waals surface area contributed by atoms with Crippen LogP contribution in [0.25, 0.3) is 0 Å². The number of thioether (sulfide) groups is 1. The molecule has 1 aliphatic heterocycles. The molecule has 0 radical (unpaired) electrons. The normalized spacial score (nSPS) is 13.4. The Morgan fingerprint density at radius 1 is 1.36 bits per heavy atom. The van der Waals surface area contributed by atoms with Gasteiger partial charge in [-0.2, -0.15) is 0 Å². The van der Waals surface area contributed by atoms with Crippen LogP contribution in [-0.2, 0) is 9.53 Å². The number of aromatic nitrogens is 2. The number of nitrogens with one attached hydrogen (secondary N) is 2. The third-order valence-corrected chi connectivity index (χ3v) is 5.97. The zero-order valence-corrected chi connectivity index (χ0v) is 17.5. The molecular weight excluding hydrogens is 400 g/mol. The maximum atomic E-state index is 12.3. The van der Waals surface area contributed by atoms with Gasteiger partial charge in [0.25, 0.3) is 0 Å². The molecule has 0 fully saturated rings. The summed E-state index contributed by atoms with van der Waals surface area (Å²) in [6.07, 6.45) is 0.913. The van der Waals surface area contributed by atoms with Crippen LogP contribution in [0, 0.1) is 0 Å². The lowest BCUT2D eigenvalue weighted by atomic mass is 10.1. The number of hydrogen-bond donors (Lipinski definition) is 2. The number of carbonyl (C=O) groups excluding carboxylic acids is 1. The second-order valence-corrected chi connectivity index (χ2v) is 8.24. The van der Waals surface area contributed by atoms with Gasteiger partial charge >= 0.3 is 0 Å². The van der Waals surface area contributed by atoms with Crippen molar-refractivity contribution in [2.75, 3.05) is 37.6 Å². The van der Waals surface area contributed by atoms with E-state index in [-0.39, 0.29) is 24.5 Å². The Kier molecular flexibility index (Phi) is 7.75. The highest BCUT2D eigenvalue weighted by Crippen LogP contribution is 2.34. The van der Waals surface area contributed by atoms with E-state index < -0.39 is 0 Å². The smallest absolute Gasteiger partial charge is 0.231 e. The third kappa shape index (κ3) is 5.98. The highest BCUT2D eigenvalue weighted by atomic mass is 32.2. The summed E-state index contributed by atoms with van der Waals surface area (Å²) in [6, 6.07) is 5.56. The number of anilines is 1. The van der Waals surface area contributed by atoms with E-state index in [2.05, 4.69) is 20.8 Å². The van der Waals surface area contributed by atoms with Gasteiger partial charge in [-0.05, 0) is 38.0 Å². The number of ether oxygens (including phenoxy) is 3. The summed E-state index contributed by atoms with van der Waals surface area (Å²) < 4.78 is 16.7. The Bertz CT molecular complexity index is 787. The van der Waals surface area contributed by atoms with Crippen molar-refractivity contribution < 1.29 is 19.0 Å². The Morgan fingerprint density at radius 2 is 2.21 bits per heavy atom. The molecule has 10 heteroatoms. The fourth-order valence-electron chi connectivity index (χ4n) is 2.53. The van der Waals surface area contributed by atoms with Crippen LogP contribution in [0.5, 0.6) is 11.5 Å². The van der Waals surface area contributed by atoms with Crippen molar-refractivity contribution in [3.8, 4) is 11.5 Å². The predicted octanol–water partition coefficient (Wildman–Crippen LogP) is 3.07. The first kappa shape index (κ1) is 20.7. The molecule has 0 unspecified atom stereocenters. The standard InChI is InChI=1S/C18H24N4O4S2/c1-3-24-8-4-7-19-17-21-22-18(28-17)27-10-16(23)20-12(2)13-5-6-14-15(9-13)26-11-25-14/h5-6,9,12H,3-4,7-8,10-11H2,1-2H3,(H,19,21)(H,20,23)/t12-/m0/s1. The summed E-state index contributed by atoms with van der Waals surface area (Å²) >= 11 is 2.82. The fraction of sp³-hybridized carbons (Fsp3) is 0.500. The van der Waals surface area contributed by atoms with Gasteiger partial charge in [0, 0.05) is 19.8 Å². The Balaban J connectivity index is 1.39. The van der Waals surface area contributed by atoms with Crippen LogP contribution >= 0.6 is 23.1 Å². The van der Waals surface area contributed by atoms with E-state index in [1.54, 1.807) is 0 Å². The maximum Gasteiger partial charge on any atom is 0.231 e. The lowest BCUT2D eigenvalue weighted by Gasteiger charge is -2.14. The third-order valence-electron chi connectivity index (χ3n) is 3.95. The summed E-state index contributed by atoms with van der Waals surface area (Å²) in [4.78, 5) is 12.3. The molecule has 152 valence electrons. The largest absolute Gasteiger partial charge is 0.454 e. The summed E-state index contributed by atoms with van der Waals surface area (Å²) in [6.45, 7) is 6.40. The van der Waals surface area contributed by atoms with E-state index >= 15 is 0 Å². The van der Waals surface area contributed by atoms with Gasteiger partial charge in [-0.25, -0.2) is 0 Å². The number of carbonyl (C=O) groups is 1. The Morgan fingerprint density at radius 3 is 3.07 bits per heavy atom. The van der Waals surface area contributed by atoms with Crippen LogP contribution in [0.4, 0.5) is 5.13 Å². The second kappa shape index (κ2) is 10.5. The number of hydrogen-bond acceptors (Lipinski definition) is 9. The van der Waals surface area contributed by atoms with Gasteiger partial charge in [-0.15, -0.1) is 10.2 Å². The van der Waals surface area contributed by atoms with Crippen molar-refractivity contribution in [3.63, 3.8) is 0 Å².